The van der Waals surface area contributed by atoms with Gasteiger partial charge < -0.3 is 0 Å². The largest absolute Gasteiger partial charge is 0.0625 e. The molecule has 0 amide bonds. The van der Waals surface area contributed by atoms with Crippen LogP contribution in [0.15, 0.2) is 54.6 Å². The van der Waals surface area contributed by atoms with Gasteiger partial charge in [-0.1, -0.05) is 68.4 Å². The number of hydrogen-bond donors (Lipinski definition) is 0. The first kappa shape index (κ1) is 11.9. The summed E-state index contributed by atoms with van der Waals surface area (Å²) in [6.45, 7) is 6.18. The molecular weight excluding hydrogens is 204 g/mol. The summed E-state index contributed by atoms with van der Waals surface area (Å²) in [5, 5.41) is 0. The van der Waals surface area contributed by atoms with Crippen LogP contribution in [-0.4, -0.2) is 0 Å². The molecule has 0 aliphatic rings. The molecule has 0 N–H and O–H groups in total. The Morgan fingerprint density at radius 1 is 0.882 bits per heavy atom. The molecule has 87 valence electrons. The van der Waals surface area contributed by atoms with E-state index in [1.165, 1.54) is 16.7 Å². The fourth-order valence-corrected chi connectivity index (χ4v) is 1.91. The lowest BCUT2D eigenvalue weighted by molar-refractivity contribution is 0.644. The van der Waals surface area contributed by atoms with E-state index in [2.05, 4.69) is 62.4 Å². The Morgan fingerprint density at radius 3 is 2.06 bits per heavy atom. The maximum Gasteiger partial charge on any atom is -0.0184 e. The van der Waals surface area contributed by atoms with Crippen molar-refractivity contribution in [2.75, 3.05) is 0 Å². The molecule has 0 saturated heterocycles. The van der Waals surface area contributed by atoms with Gasteiger partial charge in [-0.25, -0.2) is 0 Å². The molecule has 2 aromatic rings. The van der Waals surface area contributed by atoms with Crippen molar-refractivity contribution in [1.82, 2.24) is 0 Å². The molecule has 0 fully saturated rings. The number of rotatable bonds is 4. The Balaban J connectivity index is 2.08. The third-order valence-corrected chi connectivity index (χ3v) is 2.99. The summed E-state index contributed by atoms with van der Waals surface area (Å²) < 4.78 is 0. The van der Waals surface area contributed by atoms with Crippen LogP contribution in [-0.2, 0) is 6.42 Å². The minimum atomic E-state index is 0.531. The van der Waals surface area contributed by atoms with Crippen molar-refractivity contribution >= 4 is 0 Å². The molecule has 1 radical (unpaired) electrons. The van der Waals surface area contributed by atoms with Crippen LogP contribution in [0.4, 0.5) is 0 Å². The van der Waals surface area contributed by atoms with E-state index in [9.17, 15) is 0 Å². The predicted molar refractivity (Wildman–Crippen MR) is 74.7 cm³/mol. The van der Waals surface area contributed by atoms with Crippen LogP contribution in [0.5, 0.6) is 0 Å². The van der Waals surface area contributed by atoms with Crippen molar-refractivity contribution < 1.29 is 0 Å². The van der Waals surface area contributed by atoms with Crippen LogP contribution in [0.2, 0.25) is 0 Å². The van der Waals surface area contributed by atoms with Crippen LogP contribution in [0.25, 0.3) is 11.1 Å². The Kier molecular flexibility index (Phi) is 3.98. The van der Waals surface area contributed by atoms with Gasteiger partial charge in [0.1, 0.15) is 0 Å². The fraction of sp³-hybridized carbons (Fsp3) is 0.235. The van der Waals surface area contributed by atoms with Gasteiger partial charge in [0.15, 0.2) is 0 Å². The van der Waals surface area contributed by atoms with Crippen molar-refractivity contribution in [1.29, 1.82) is 0 Å². The molecule has 0 spiro atoms. The highest BCUT2D eigenvalue weighted by atomic mass is 14.0. The molecule has 17 heavy (non-hydrogen) atoms. The summed E-state index contributed by atoms with van der Waals surface area (Å²) in [5.41, 5.74) is 3.97. The molecule has 2 rings (SSSR count). The van der Waals surface area contributed by atoms with Gasteiger partial charge in [0.2, 0.25) is 0 Å². The molecule has 0 aliphatic heterocycles. The number of benzene rings is 2. The lowest BCUT2D eigenvalue weighted by atomic mass is 9.99. The highest BCUT2D eigenvalue weighted by Crippen LogP contribution is 2.20. The molecule has 0 heteroatoms. The van der Waals surface area contributed by atoms with E-state index in [0.717, 1.165) is 12.8 Å². The van der Waals surface area contributed by atoms with E-state index in [-0.39, 0.29) is 0 Å². The maximum atomic E-state index is 4.02. The van der Waals surface area contributed by atoms with Gasteiger partial charge in [-0.05, 0) is 35.4 Å². The molecule has 0 heterocycles. The van der Waals surface area contributed by atoms with Crippen LogP contribution in [0, 0.1) is 12.8 Å². The molecule has 0 bridgehead atoms. The minimum absolute atomic E-state index is 0.531. The van der Waals surface area contributed by atoms with Crippen molar-refractivity contribution in [3.8, 4) is 11.1 Å². The van der Waals surface area contributed by atoms with E-state index in [4.69, 9.17) is 0 Å². The smallest absolute Gasteiger partial charge is 0.0184 e. The molecule has 0 aromatic heterocycles. The van der Waals surface area contributed by atoms with Crippen molar-refractivity contribution in [2.24, 2.45) is 5.92 Å². The van der Waals surface area contributed by atoms with Crippen LogP contribution >= 0.6 is 0 Å². The predicted octanol–water partition coefficient (Wildman–Crippen LogP) is 4.76. The zero-order valence-electron chi connectivity index (χ0n) is 10.4. The van der Waals surface area contributed by atoms with Crippen LogP contribution < -0.4 is 0 Å². The first-order valence-corrected chi connectivity index (χ1v) is 6.23. The van der Waals surface area contributed by atoms with E-state index >= 15 is 0 Å². The highest BCUT2D eigenvalue weighted by molar-refractivity contribution is 5.63. The Hall–Kier alpha value is -1.56. The average Bonchev–Trinajstić information content (AvgIpc) is 2.38. The Morgan fingerprint density at radius 2 is 1.47 bits per heavy atom. The zero-order valence-corrected chi connectivity index (χ0v) is 10.4. The first-order valence-electron chi connectivity index (χ1n) is 6.23. The van der Waals surface area contributed by atoms with Gasteiger partial charge >= 0.3 is 0 Å². The molecule has 0 nitrogen and oxygen atoms in total. The third kappa shape index (κ3) is 3.45. The Labute approximate surface area is 104 Å². The third-order valence-electron chi connectivity index (χ3n) is 2.99. The summed E-state index contributed by atoms with van der Waals surface area (Å²) in [5.74, 6) is 0.531. The quantitative estimate of drug-likeness (QED) is 0.701. The van der Waals surface area contributed by atoms with Gasteiger partial charge in [-0.15, -0.1) is 0 Å². The van der Waals surface area contributed by atoms with E-state index in [1.807, 2.05) is 6.07 Å². The molecule has 2 aromatic carbocycles. The van der Waals surface area contributed by atoms with Crippen molar-refractivity contribution in [3.05, 3.63) is 67.1 Å². The lowest BCUT2D eigenvalue weighted by Gasteiger charge is -2.06. The van der Waals surface area contributed by atoms with Gasteiger partial charge in [0, 0.05) is 0 Å². The second-order valence-electron chi connectivity index (χ2n) is 4.71. The second kappa shape index (κ2) is 5.67. The summed E-state index contributed by atoms with van der Waals surface area (Å²) in [6, 6.07) is 19.4. The van der Waals surface area contributed by atoms with Gasteiger partial charge in [-0.2, -0.15) is 0 Å². The van der Waals surface area contributed by atoms with E-state index in [1.54, 1.807) is 0 Å². The second-order valence-corrected chi connectivity index (χ2v) is 4.71. The topological polar surface area (TPSA) is 0 Å². The first-order chi connectivity index (χ1) is 8.25. The normalized spacial score (nSPS) is 10.8. The molecule has 1 unspecified atom stereocenters. The van der Waals surface area contributed by atoms with Gasteiger partial charge in [0.05, 0.1) is 0 Å². The van der Waals surface area contributed by atoms with Gasteiger partial charge in [0.25, 0.3) is 0 Å². The highest BCUT2D eigenvalue weighted by Gasteiger charge is 1.99. The zero-order chi connectivity index (χ0) is 12.1. The fourth-order valence-electron chi connectivity index (χ4n) is 1.91. The lowest BCUT2D eigenvalue weighted by Crippen LogP contribution is -1.92. The molecule has 0 saturated carbocycles. The summed E-state index contributed by atoms with van der Waals surface area (Å²) in [4.78, 5) is 0. The monoisotopic (exact) mass is 223 g/mol. The SMILES string of the molecule is [CH2]C(C)CCc1ccc(-c2ccccc2)cc1. The number of hydrogen-bond acceptors (Lipinski definition) is 0. The summed E-state index contributed by atoms with van der Waals surface area (Å²) >= 11 is 0. The van der Waals surface area contributed by atoms with Crippen molar-refractivity contribution in [3.63, 3.8) is 0 Å². The summed E-state index contributed by atoms with van der Waals surface area (Å²) in [6.07, 6.45) is 2.28. The van der Waals surface area contributed by atoms with Crippen molar-refractivity contribution in [2.45, 2.75) is 19.8 Å². The van der Waals surface area contributed by atoms with E-state index < -0.39 is 0 Å². The molecule has 1 atom stereocenters. The molecule has 0 aliphatic carbocycles. The van der Waals surface area contributed by atoms with Gasteiger partial charge in [-0.3, -0.25) is 0 Å². The standard InChI is InChI=1S/C17H19/c1-14(2)8-9-15-10-12-17(13-11-15)16-6-4-3-5-7-16/h3-7,10-14H,1,8-9H2,2H3. The average molecular weight is 223 g/mol. The minimum Gasteiger partial charge on any atom is -0.0625 e. The van der Waals surface area contributed by atoms with Crippen LogP contribution in [0.3, 0.4) is 0 Å². The summed E-state index contributed by atoms with van der Waals surface area (Å²) in [7, 11) is 0. The Bertz CT molecular complexity index is 437. The van der Waals surface area contributed by atoms with Crippen LogP contribution in [0.1, 0.15) is 18.9 Å². The maximum absolute atomic E-state index is 4.02. The van der Waals surface area contributed by atoms with E-state index in [0.29, 0.717) is 5.92 Å². The number of aryl methyl sites for hydroxylation is 1. The molecular formula is C17H19.